The molecule has 3 N–H and O–H groups in total. The molecule has 0 saturated carbocycles. The van der Waals surface area contributed by atoms with Crippen molar-refractivity contribution in [2.75, 3.05) is 43.8 Å². The van der Waals surface area contributed by atoms with E-state index in [1.165, 1.54) is 25.8 Å². The fourth-order valence-corrected chi connectivity index (χ4v) is 3.33. The van der Waals surface area contributed by atoms with Crippen LogP contribution in [0.5, 0.6) is 0 Å². The van der Waals surface area contributed by atoms with Gasteiger partial charge in [-0.2, -0.15) is 0 Å². The standard InChI is InChI=1S/C16H24N4O/c17-13-4-6-14(7-5-13)18-16(21)12-19-9-10-20-8-2-1-3-15(20)11-19/h4-7,15H,1-3,8-12,17H2,(H,18,21). The van der Waals surface area contributed by atoms with E-state index in [0.717, 1.165) is 25.3 Å². The van der Waals surface area contributed by atoms with Gasteiger partial charge >= 0.3 is 0 Å². The van der Waals surface area contributed by atoms with Gasteiger partial charge in [0.25, 0.3) is 0 Å². The average Bonchev–Trinajstić information content (AvgIpc) is 2.49. The summed E-state index contributed by atoms with van der Waals surface area (Å²) >= 11 is 0. The Bertz CT molecular complexity index is 488. The van der Waals surface area contributed by atoms with Gasteiger partial charge in [-0.15, -0.1) is 0 Å². The first-order chi connectivity index (χ1) is 10.2. The van der Waals surface area contributed by atoms with Crippen molar-refractivity contribution in [2.45, 2.75) is 25.3 Å². The molecular weight excluding hydrogens is 264 g/mol. The maximum Gasteiger partial charge on any atom is 0.238 e. The van der Waals surface area contributed by atoms with Crippen molar-refractivity contribution in [3.05, 3.63) is 24.3 Å². The first kappa shape index (κ1) is 14.4. The Kier molecular flexibility index (Phi) is 4.41. The second-order valence-corrected chi connectivity index (χ2v) is 6.09. The lowest BCUT2D eigenvalue weighted by Gasteiger charge is -2.43. The monoisotopic (exact) mass is 288 g/mol. The lowest BCUT2D eigenvalue weighted by Crippen LogP contribution is -2.55. The van der Waals surface area contributed by atoms with E-state index in [1.807, 2.05) is 12.1 Å². The van der Waals surface area contributed by atoms with Gasteiger partial charge in [0.15, 0.2) is 0 Å². The molecule has 0 bridgehead atoms. The minimum absolute atomic E-state index is 0.0593. The van der Waals surface area contributed by atoms with Crippen molar-refractivity contribution in [2.24, 2.45) is 0 Å². The van der Waals surface area contributed by atoms with Gasteiger partial charge in [-0.25, -0.2) is 0 Å². The smallest absolute Gasteiger partial charge is 0.238 e. The third kappa shape index (κ3) is 3.74. The Labute approximate surface area is 126 Å². The van der Waals surface area contributed by atoms with Crippen LogP contribution in [-0.2, 0) is 4.79 Å². The number of carbonyl (C=O) groups excluding carboxylic acids is 1. The first-order valence-electron chi connectivity index (χ1n) is 7.82. The molecular formula is C16H24N4O. The number of hydrogen-bond donors (Lipinski definition) is 2. The number of fused-ring (bicyclic) bond motifs is 1. The van der Waals surface area contributed by atoms with E-state index in [9.17, 15) is 4.79 Å². The van der Waals surface area contributed by atoms with Crippen LogP contribution in [0.2, 0.25) is 0 Å². The molecule has 2 heterocycles. The van der Waals surface area contributed by atoms with Gasteiger partial charge in [0, 0.05) is 37.1 Å². The van der Waals surface area contributed by atoms with Crippen LogP contribution in [0.4, 0.5) is 11.4 Å². The normalized spacial score (nSPS) is 23.5. The Morgan fingerprint density at radius 1 is 1.19 bits per heavy atom. The van der Waals surface area contributed by atoms with Gasteiger partial charge in [-0.1, -0.05) is 6.42 Å². The highest BCUT2D eigenvalue weighted by atomic mass is 16.2. The molecule has 0 aliphatic carbocycles. The quantitative estimate of drug-likeness (QED) is 0.825. The summed E-state index contributed by atoms with van der Waals surface area (Å²) in [5, 5.41) is 2.94. The molecule has 21 heavy (non-hydrogen) atoms. The van der Waals surface area contributed by atoms with Crippen molar-refractivity contribution in [1.29, 1.82) is 0 Å². The summed E-state index contributed by atoms with van der Waals surface area (Å²) in [4.78, 5) is 17.0. The zero-order chi connectivity index (χ0) is 14.7. The number of anilines is 2. The molecule has 0 radical (unpaired) electrons. The Morgan fingerprint density at radius 2 is 2.00 bits per heavy atom. The fourth-order valence-electron chi connectivity index (χ4n) is 3.33. The van der Waals surface area contributed by atoms with Gasteiger partial charge in [0.2, 0.25) is 5.91 Å². The van der Waals surface area contributed by atoms with E-state index in [0.29, 0.717) is 18.3 Å². The maximum atomic E-state index is 12.1. The van der Waals surface area contributed by atoms with Crippen LogP contribution in [0.1, 0.15) is 19.3 Å². The molecule has 1 unspecified atom stereocenters. The number of piperazine rings is 1. The molecule has 2 aliphatic heterocycles. The number of rotatable bonds is 3. The second-order valence-electron chi connectivity index (χ2n) is 6.09. The summed E-state index contributed by atoms with van der Waals surface area (Å²) in [5.74, 6) is 0.0593. The zero-order valence-electron chi connectivity index (χ0n) is 12.4. The summed E-state index contributed by atoms with van der Waals surface area (Å²) in [6, 6.07) is 7.93. The van der Waals surface area contributed by atoms with Crippen LogP contribution < -0.4 is 11.1 Å². The van der Waals surface area contributed by atoms with Crippen LogP contribution >= 0.6 is 0 Å². The molecule has 0 spiro atoms. The molecule has 1 aromatic rings. The summed E-state index contributed by atoms with van der Waals surface area (Å²) in [5.41, 5.74) is 7.16. The second kappa shape index (κ2) is 6.45. The van der Waals surface area contributed by atoms with Gasteiger partial charge < -0.3 is 11.1 Å². The summed E-state index contributed by atoms with van der Waals surface area (Å²) in [7, 11) is 0. The number of piperidine rings is 1. The fraction of sp³-hybridized carbons (Fsp3) is 0.562. The van der Waals surface area contributed by atoms with Crippen molar-refractivity contribution >= 4 is 17.3 Å². The number of nitrogens with zero attached hydrogens (tertiary/aromatic N) is 2. The average molecular weight is 288 g/mol. The highest BCUT2D eigenvalue weighted by Gasteiger charge is 2.29. The molecule has 5 nitrogen and oxygen atoms in total. The first-order valence-corrected chi connectivity index (χ1v) is 7.82. The Hall–Kier alpha value is -1.59. The molecule has 0 aromatic heterocycles. The number of nitrogens with two attached hydrogens (primary N) is 1. The van der Waals surface area contributed by atoms with Crippen molar-refractivity contribution in [3.8, 4) is 0 Å². The third-order valence-corrected chi connectivity index (χ3v) is 4.48. The number of hydrogen-bond acceptors (Lipinski definition) is 4. The molecule has 114 valence electrons. The minimum atomic E-state index is 0.0593. The van der Waals surface area contributed by atoms with Gasteiger partial charge in [-0.3, -0.25) is 14.6 Å². The Morgan fingerprint density at radius 3 is 2.81 bits per heavy atom. The predicted octanol–water partition coefficient (Wildman–Crippen LogP) is 1.38. The topological polar surface area (TPSA) is 61.6 Å². The van der Waals surface area contributed by atoms with Crippen LogP contribution in [-0.4, -0.2) is 54.5 Å². The lowest BCUT2D eigenvalue weighted by molar-refractivity contribution is -0.118. The van der Waals surface area contributed by atoms with Crippen molar-refractivity contribution in [3.63, 3.8) is 0 Å². The van der Waals surface area contributed by atoms with Gasteiger partial charge in [0.05, 0.1) is 6.54 Å². The van der Waals surface area contributed by atoms with E-state index in [-0.39, 0.29) is 5.91 Å². The van der Waals surface area contributed by atoms with Crippen molar-refractivity contribution in [1.82, 2.24) is 9.80 Å². The SMILES string of the molecule is Nc1ccc(NC(=O)CN2CCN3CCCCC3C2)cc1. The Balaban J connectivity index is 1.49. The minimum Gasteiger partial charge on any atom is -0.399 e. The van der Waals surface area contributed by atoms with E-state index in [2.05, 4.69) is 15.1 Å². The summed E-state index contributed by atoms with van der Waals surface area (Å²) in [6.45, 7) is 4.82. The molecule has 3 rings (SSSR count). The molecule has 5 heteroatoms. The molecule has 1 atom stereocenters. The van der Waals surface area contributed by atoms with Gasteiger partial charge in [0.1, 0.15) is 0 Å². The number of nitrogen functional groups attached to an aromatic ring is 1. The van der Waals surface area contributed by atoms with Crippen LogP contribution in [0.25, 0.3) is 0 Å². The number of nitrogens with one attached hydrogen (secondary N) is 1. The van der Waals surface area contributed by atoms with E-state index in [4.69, 9.17) is 5.73 Å². The van der Waals surface area contributed by atoms with Crippen molar-refractivity contribution < 1.29 is 4.79 Å². The summed E-state index contributed by atoms with van der Waals surface area (Å²) in [6.07, 6.45) is 3.93. The maximum absolute atomic E-state index is 12.1. The van der Waals surface area contributed by atoms with E-state index < -0.39 is 0 Å². The molecule has 2 saturated heterocycles. The van der Waals surface area contributed by atoms with Crippen LogP contribution in [0, 0.1) is 0 Å². The molecule has 1 amide bonds. The summed E-state index contributed by atoms with van der Waals surface area (Å²) < 4.78 is 0. The van der Waals surface area contributed by atoms with E-state index >= 15 is 0 Å². The third-order valence-electron chi connectivity index (χ3n) is 4.48. The highest BCUT2D eigenvalue weighted by Crippen LogP contribution is 2.21. The number of carbonyl (C=O) groups is 1. The van der Waals surface area contributed by atoms with E-state index in [1.54, 1.807) is 12.1 Å². The predicted molar refractivity (Wildman–Crippen MR) is 85.1 cm³/mol. The molecule has 2 aliphatic rings. The van der Waals surface area contributed by atoms with Crippen LogP contribution in [0.3, 0.4) is 0 Å². The largest absolute Gasteiger partial charge is 0.399 e. The van der Waals surface area contributed by atoms with Gasteiger partial charge in [-0.05, 0) is 43.7 Å². The molecule has 1 aromatic carbocycles. The highest BCUT2D eigenvalue weighted by molar-refractivity contribution is 5.92. The molecule has 2 fully saturated rings. The number of amides is 1. The zero-order valence-corrected chi connectivity index (χ0v) is 12.4. The number of benzene rings is 1. The van der Waals surface area contributed by atoms with Crippen LogP contribution in [0.15, 0.2) is 24.3 Å². The lowest BCUT2D eigenvalue weighted by atomic mass is 9.99.